The van der Waals surface area contributed by atoms with Crippen LogP contribution in [-0.4, -0.2) is 29.8 Å². The molecule has 0 radical (unpaired) electrons. The lowest BCUT2D eigenvalue weighted by molar-refractivity contribution is -0.446. The van der Waals surface area contributed by atoms with Crippen molar-refractivity contribution in [3.05, 3.63) is 35.9 Å². The molecule has 5 heteroatoms. The van der Waals surface area contributed by atoms with Gasteiger partial charge in [-0.2, -0.15) is 4.58 Å². The molecule has 2 aromatic rings. The molecule has 24 heavy (non-hydrogen) atoms. The van der Waals surface area contributed by atoms with E-state index >= 15 is 0 Å². The zero-order valence-electron chi connectivity index (χ0n) is 14.8. The van der Waals surface area contributed by atoms with Gasteiger partial charge in [0.15, 0.2) is 12.3 Å². The summed E-state index contributed by atoms with van der Waals surface area (Å²) in [5, 5.41) is 1.80. The maximum absolute atomic E-state index is 11.4. The van der Waals surface area contributed by atoms with Crippen LogP contribution in [-0.2, 0) is 15.5 Å². The van der Waals surface area contributed by atoms with Gasteiger partial charge in [0.25, 0.3) is 0 Å². The average Bonchev–Trinajstić information content (AvgIpc) is 2.66. The normalized spacial score (nSPS) is 17.0. The third kappa shape index (κ3) is 2.56. The maximum atomic E-state index is 11.4. The Kier molecular flexibility index (Phi) is 3.85. The summed E-state index contributed by atoms with van der Waals surface area (Å²) in [7, 11) is -4.47. The monoisotopic (exact) mass is 345 g/mol. The molecule has 0 amide bonds. The number of rotatable bonds is 3. The van der Waals surface area contributed by atoms with Crippen LogP contribution in [0.1, 0.15) is 40.2 Å². The number of nitrogens with zero attached hydrogens (tertiary/aromatic N) is 1. The van der Waals surface area contributed by atoms with E-state index in [2.05, 4.69) is 45.3 Å². The minimum atomic E-state index is -4.47. The van der Waals surface area contributed by atoms with Crippen LogP contribution in [0.25, 0.3) is 10.8 Å². The van der Waals surface area contributed by atoms with Crippen LogP contribution in [0.5, 0.6) is 0 Å². The van der Waals surface area contributed by atoms with Crippen molar-refractivity contribution in [2.75, 3.05) is 6.54 Å². The van der Waals surface area contributed by atoms with E-state index < -0.39 is 10.1 Å². The molecule has 1 heterocycles. The highest BCUT2D eigenvalue weighted by molar-refractivity contribution is 7.85. The van der Waals surface area contributed by atoms with Gasteiger partial charge in [-0.1, -0.05) is 19.9 Å². The van der Waals surface area contributed by atoms with Crippen molar-refractivity contribution >= 4 is 32.3 Å². The number of benzene rings is 2. The van der Waals surface area contributed by atoms with Crippen LogP contribution in [0, 0.1) is 5.92 Å². The fourth-order valence-corrected chi connectivity index (χ4v) is 4.12. The van der Waals surface area contributed by atoms with Gasteiger partial charge >= 0.3 is 0 Å². The van der Waals surface area contributed by atoms with Gasteiger partial charge in [-0.3, -0.25) is 0 Å². The van der Waals surface area contributed by atoms with Crippen molar-refractivity contribution in [2.24, 2.45) is 5.92 Å². The van der Waals surface area contributed by atoms with E-state index in [4.69, 9.17) is 0 Å². The summed E-state index contributed by atoms with van der Waals surface area (Å²) in [5.41, 5.74) is 3.24. The van der Waals surface area contributed by atoms with Crippen molar-refractivity contribution in [3.63, 3.8) is 0 Å². The zero-order valence-corrected chi connectivity index (χ0v) is 15.6. The largest absolute Gasteiger partial charge is 0.744 e. The Balaban J connectivity index is 2.35. The van der Waals surface area contributed by atoms with E-state index in [-0.39, 0.29) is 10.3 Å². The summed E-state index contributed by atoms with van der Waals surface area (Å²) >= 11 is 0. The first-order valence-corrected chi connectivity index (χ1v) is 9.59. The van der Waals surface area contributed by atoms with Crippen LogP contribution >= 0.6 is 0 Å². The Morgan fingerprint density at radius 1 is 1.17 bits per heavy atom. The number of fused-ring (bicyclic) bond motifs is 3. The molecule has 2 aromatic carbocycles. The zero-order chi connectivity index (χ0) is 17.9. The molecular weight excluding hydrogens is 322 g/mol. The topological polar surface area (TPSA) is 60.2 Å². The fraction of sp³-hybridized carbons (Fsp3) is 0.421. The predicted octanol–water partition coefficient (Wildman–Crippen LogP) is 3.80. The molecule has 0 aromatic heterocycles. The van der Waals surface area contributed by atoms with E-state index in [0.29, 0.717) is 5.92 Å². The van der Waals surface area contributed by atoms with Crippen molar-refractivity contribution < 1.29 is 17.5 Å². The van der Waals surface area contributed by atoms with Crippen LogP contribution in [0.2, 0.25) is 0 Å². The van der Waals surface area contributed by atoms with Crippen molar-refractivity contribution in [2.45, 2.75) is 44.9 Å². The Labute approximate surface area is 143 Å². The molecule has 4 nitrogen and oxygen atoms in total. The fourth-order valence-electron chi connectivity index (χ4n) is 3.62. The first-order valence-electron chi connectivity index (χ1n) is 8.18. The molecule has 0 aliphatic carbocycles. The molecule has 128 valence electrons. The smallest absolute Gasteiger partial charge is 0.210 e. The summed E-state index contributed by atoms with van der Waals surface area (Å²) < 4.78 is 36.6. The highest BCUT2D eigenvalue weighted by atomic mass is 32.2. The minimum Gasteiger partial charge on any atom is -0.744 e. The molecular formula is C19H23NO3S. The van der Waals surface area contributed by atoms with Crippen LogP contribution < -0.4 is 0 Å². The highest BCUT2D eigenvalue weighted by Gasteiger charge is 2.44. The Bertz CT molecular complexity index is 970. The standard InChI is InChI=1S/C19H23NO3S/c1-12(2)11-20-13(3)19(4,5)18-16-10-15(24(21,22)23)8-6-14(16)7-9-17(18)20/h6-10,12H,11H2,1-5H3. The van der Waals surface area contributed by atoms with Gasteiger partial charge in [0.2, 0.25) is 5.69 Å². The lowest BCUT2D eigenvalue weighted by Gasteiger charge is -2.18. The number of hydrogen-bond donors (Lipinski definition) is 0. The summed E-state index contributed by atoms with van der Waals surface area (Å²) in [6, 6.07) is 8.74. The highest BCUT2D eigenvalue weighted by Crippen LogP contribution is 2.44. The second-order valence-corrected chi connectivity index (χ2v) is 8.89. The average molecular weight is 345 g/mol. The van der Waals surface area contributed by atoms with Gasteiger partial charge in [0.05, 0.1) is 10.3 Å². The van der Waals surface area contributed by atoms with Crippen molar-refractivity contribution in [1.82, 2.24) is 0 Å². The molecule has 0 N–H and O–H groups in total. The molecule has 3 rings (SSSR count). The van der Waals surface area contributed by atoms with Gasteiger partial charge in [0.1, 0.15) is 10.1 Å². The van der Waals surface area contributed by atoms with Gasteiger partial charge in [-0.15, -0.1) is 0 Å². The molecule has 0 atom stereocenters. The quantitative estimate of drug-likeness (QED) is 0.628. The van der Waals surface area contributed by atoms with E-state index in [1.165, 1.54) is 17.8 Å². The molecule has 0 spiro atoms. The molecule has 0 bridgehead atoms. The molecule has 0 saturated carbocycles. The van der Waals surface area contributed by atoms with Crippen LogP contribution in [0.3, 0.4) is 0 Å². The molecule has 1 aliphatic heterocycles. The van der Waals surface area contributed by atoms with Crippen LogP contribution in [0.4, 0.5) is 5.69 Å². The summed E-state index contributed by atoms with van der Waals surface area (Å²) in [5.74, 6) is 0.505. The van der Waals surface area contributed by atoms with E-state index in [1.807, 2.05) is 6.07 Å². The second-order valence-electron chi connectivity index (χ2n) is 7.51. The SMILES string of the molecule is CC1=[N+](CC(C)C)c2ccc3ccc(S(=O)(=O)[O-])cc3c2C1(C)C. The first kappa shape index (κ1) is 17.1. The van der Waals surface area contributed by atoms with Gasteiger partial charge < -0.3 is 4.55 Å². The second kappa shape index (κ2) is 5.39. The molecule has 0 fully saturated rings. The maximum Gasteiger partial charge on any atom is 0.210 e. The van der Waals surface area contributed by atoms with E-state index in [9.17, 15) is 13.0 Å². The predicted molar refractivity (Wildman–Crippen MR) is 95.2 cm³/mol. The third-order valence-corrected chi connectivity index (χ3v) is 5.86. The summed E-state index contributed by atoms with van der Waals surface area (Å²) in [6.07, 6.45) is 0. The number of hydrogen-bond acceptors (Lipinski definition) is 3. The third-order valence-electron chi connectivity index (χ3n) is 5.03. The Morgan fingerprint density at radius 3 is 2.38 bits per heavy atom. The lowest BCUT2D eigenvalue weighted by atomic mass is 9.80. The van der Waals surface area contributed by atoms with E-state index in [0.717, 1.165) is 28.6 Å². The van der Waals surface area contributed by atoms with Crippen molar-refractivity contribution in [3.8, 4) is 0 Å². The summed E-state index contributed by atoms with van der Waals surface area (Å²) in [6.45, 7) is 11.7. The minimum absolute atomic E-state index is 0.167. The molecule has 0 unspecified atom stereocenters. The molecule has 0 saturated heterocycles. The first-order chi connectivity index (χ1) is 11.0. The van der Waals surface area contributed by atoms with Gasteiger partial charge in [0, 0.05) is 24.5 Å². The Morgan fingerprint density at radius 2 is 1.79 bits per heavy atom. The van der Waals surface area contributed by atoms with Gasteiger partial charge in [-0.05, 0) is 42.8 Å². The molecule has 1 aliphatic rings. The van der Waals surface area contributed by atoms with Crippen LogP contribution in [0.15, 0.2) is 35.2 Å². The Hall–Kier alpha value is -1.72. The van der Waals surface area contributed by atoms with E-state index in [1.54, 1.807) is 6.07 Å². The van der Waals surface area contributed by atoms with Crippen molar-refractivity contribution in [1.29, 1.82) is 0 Å². The lowest BCUT2D eigenvalue weighted by Crippen LogP contribution is -2.27. The van der Waals surface area contributed by atoms with Gasteiger partial charge in [-0.25, -0.2) is 8.42 Å². The summed E-state index contributed by atoms with van der Waals surface area (Å²) in [4.78, 5) is -0.167.